The van der Waals surface area contributed by atoms with Gasteiger partial charge in [0.05, 0.1) is 0 Å². The lowest BCUT2D eigenvalue weighted by Crippen LogP contribution is -2.46. The van der Waals surface area contributed by atoms with Crippen LogP contribution in [0.2, 0.25) is 0 Å². The molecule has 0 bridgehead atoms. The van der Waals surface area contributed by atoms with Crippen LogP contribution < -0.4 is 0 Å². The molecule has 0 aromatic carbocycles. The molecule has 3 heteroatoms. The van der Waals surface area contributed by atoms with E-state index in [1.54, 1.807) is 0 Å². The summed E-state index contributed by atoms with van der Waals surface area (Å²) >= 11 is 1.93. The number of hydrogen-bond donors (Lipinski definition) is 0. The predicted molar refractivity (Wildman–Crippen MR) is 95.3 cm³/mol. The van der Waals surface area contributed by atoms with Crippen LogP contribution in [0.4, 0.5) is 0 Å². The van der Waals surface area contributed by atoms with Crippen LogP contribution >= 0.6 is 11.9 Å². The minimum Gasteiger partial charge on any atom is -0.300 e. The van der Waals surface area contributed by atoms with Gasteiger partial charge in [-0.05, 0) is 83.0 Å². The molecule has 2 heterocycles. The van der Waals surface area contributed by atoms with Crippen molar-refractivity contribution in [3.05, 3.63) is 22.6 Å². The van der Waals surface area contributed by atoms with E-state index in [4.69, 9.17) is 0 Å². The molecule has 0 aromatic rings. The lowest BCUT2D eigenvalue weighted by Gasteiger charge is -2.41. The third-order valence-electron chi connectivity index (χ3n) is 4.82. The van der Waals surface area contributed by atoms with Crippen LogP contribution in [0.15, 0.2) is 22.6 Å². The molecule has 2 aliphatic heterocycles. The van der Waals surface area contributed by atoms with Crippen LogP contribution in [0.25, 0.3) is 0 Å². The van der Waals surface area contributed by atoms with E-state index in [0.717, 1.165) is 12.0 Å². The molecule has 0 atom stereocenters. The molecular weight excluding hydrogens is 276 g/mol. The molecular formula is C18H32N2S. The Balaban J connectivity index is 1.81. The summed E-state index contributed by atoms with van der Waals surface area (Å²) in [5.41, 5.74) is 2.59. The Morgan fingerprint density at radius 2 is 1.52 bits per heavy atom. The average Bonchev–Trinajstić information content (AvgIpc) is 2.45. The second-order valence-corrected chi connectivity index (χ2v) is 8.19. The van der Waals surface area contributed by atoms with Gasteiger partial charge in [-0.15, -0.1) is 0 Å². The zero-order valence-corrected chi connectivity index (χ0v) is 15.1. The van der Waals surface area contributed by atoms with Gasteiger partial charge in [0.25, 0.3) is 0 Å². The molecule has 0 radical (unpaired) electrons. The summed E-state index contributed by atoms with van der Waals surface area (Å²) in [5.74, 6) is 0.938. The molecule has 0 amide bonds. The first-order valence-electron chi connectivity index (χ1n) is 8.47. The first kappa shape index (κ1) is 17.1. The van der Waals surface area contributed by atoms with Crippen molar-refractivity contribution in [2.24, 2.45) is 5.92 Å². The number of piperidine rings is 2. The highest BCUT2D eigenvalue weighted by atomic mass is 32.2. The molecule has 2 nitrogen and oxygen atoms in total. The highest BCUT2D eigenvalue weighted by Crippen LogP contribution is 2.33. The molecule has 2 saturated heterocycles. The van der Waals surface area contributed by atoms with E-state index in [9.17, 15) is 0 Å². The van der Waals surface area contributed by atoms with Crippen molar-refractivity contribution >= 4 is 11.9 Å². The normalized spacial score (nSPS) is 23.2. The Labute approximate surface area is 135 Å². The molecule has 120 valence electrons. The van der Waals surface area contributed by atoms with Gasteiger partial charge in [0.2, 0.25) is 0 Å². The molecule has 2 rings (SSSR count). The van der Waals surface area contributed by atoms with Crippen molar-refractivity contribution in [3.8, 4) is 0 Å². The van der Waals surface area contributed by atoms with Gasteiger partial charge in [0, 0.05) is 24.0 Å². The van der Waals surface area contributed by atoms with Crippen molar-refractivity contribution in [1.29, 1.82) is 0 Å². The average molecular weight is 309 g/mol. The molecule has 2 fully saturated rings. The summed E-state index contributed by atoms with van der Waals surface area (Å²) < 4.78 is 2.54. The largest absolute Gasteiger partial charge is 0.300 e. The number of rotatable bonds is 4. The maximum Gasteiger partial charge on any atom is 0.0240 e. The summed E-state index contributed by atoms with van der Waals surface area (Å²) in [6, 6.07) is 0.828. The van der Waals surface area contributed by atoms with Gasteiger partial charge in [0.1, 0.15) is 0 Å². The van der Waals surface area contributed by atoms with E-state index in [1.165, 1.54) is 67.9 Å². The number of hydrogen-bond acceptors (Lipinski definition) is 3. The van der Waals surface area contributed by atoms with Crippen LogP contribution in [0.3, 0.4) is 0 Å². The lowest BCUT2D eigenvalue weighted by molar-refractivity contribution is 0.103. The highest BCUT2D eigenvalue weighted by molar-refractivity contribution is 8.01. The lowest BCUT2D eigenvalue weighted by atomic mass is 9.95. The summed E-state index contributed by atoms with van der Waals surface area (Å²) in [5, 5.41) is 0. The van der Waals surface area contributed by atoms with Gasteiger partial charge in [-0.25, -0.2) is 4.31 Å². The monoisotopic (exact) mass is 308 g/mol. The van der Waals surface area contributed by atoms with Crippen molar-refractivity contribution in [3.63, 3.8) is 0 Å². The first-order valence-corrected chi connectivity index (χ1v) is 9.25. The SMILES string of the molecule is C=C(C)C(SN1CCC(N2CCC(C)CC2)CC1)=C(C)C. The Morgan fingerprint density at radius 3 is 2.00 bits per heavy atom. The number of nitrogens with zero attached hydrogens (tertiary/aromatic N) is 2. The van der Waals surface area contributed by atoms with Crippen LogP contribution in [0, 0.1) is 5.92 Å². The fourth-order valence-corrected chi connectivity index (χ4v) is 4.41. The molecule has 2 aliphatic rings. The maximum atomic E-state index is 4.12. The number of allylic oxidation sites excluding steroid dienone is 2. The first-order chi connectivity index (χ1) is 9.97. The van der Waals surface area contributed by atoms with Gasteiger partial charge >= 0.3 is 0 Å². The quantitative estimate of drug-likeness (QED) is 0.549. The second-order valence-electron chi connectivity index (χ2n) is 7.08. The Morgan fingerprint density at radius 1 is 0.952 bits per heavy atom. The highest BCUT2D eigenvalue weighted by Gasteiger charge is 2.27. The smallest absolute Gasteiger partial charge is 0.0240 e. The van der Waals surface area contributed by atoms with E-state index in [-0.39, 0.29) is 0 Å². The van der Waals surface area contributed by atoms with E-state index in [0.29, 0.717) is 0 Å². The van der Waals surface area contributed by atoms with Crippen LogP contribution in [-0.2, 0) is 0 Å². The Kier molecular flexibility index (Phi) is 6.39. The van der Waals surface area contributed by atoms with Crippen LogP contribution in [-0.4, -0.2) is 41.4 Å². The van der Waals surface area contributed by atoms with Gasteiger partial charge in [-0.2, -0.15) is 0 Å². The molecule has 21 heavy (non-hydrogen) atoms. The van der Waals surface area contributed by atoms with E-state index < -0.39 is 0 Å². The summed E-state index contributed by atoms with van der Waals surface area (Å²) in [4.78, 5) is 4.13. The Bertz CT molecular complexity index is 382. The van der Waals surface area contributed by atoms with Gasteiger partial charge in [-0.1, -0.05) is 19.1 Å². The fraction of sp³-hybridized carbons (Fsp3) is 0.778. The van der Waals surface area contributed by atoms with Gasteiger partial charge in [-0.3, -0.25) is 0 Å². The van der Waals surface area contributed by atoms with Crippen molar-refractivity contribution in [1.82, 2.24) is 9.21 Å². The maximum absolute atomic E-state index is 4.12. The van der Waals surface area contributed by atoms with E-state index in [2.05, 4.69) is 43.5 Å². The van der Waals surface area contributed by atoms with Crippen LogP contribution in [0.1, 0.15) is 53.4 Å². The minimum atomic E-state index is 0.828. The third-order valence-corrected chi connectivity index (χ3v) is 6.38. The van der Waals surface area contributed by atoms with E-state index >= 15 is 0 Å². The molecule has 0 N–H and O–H groups in total. The fourth-order valence-electron chi connectivity index (χ4n) is 3.42. The van der Waals surface area contributed by atoms with Gasteiger partial charge in [0.15, 0.2) is 0 Å². The summed E-state index contributed by atoms with van der Waals surface area (Å²) in [7, 11) is 0. The Hall–Kier alpha value is -0.250. The molecule has 0 unspecified atom stereocenters. The van der Waals surface area contributed by atoms with Crippen molar-refractivity contribution in [2.75, 3.05) is 26.2 Å². The minimum absolute atomic E-state index is 0.828. The standard InChI is InChI=1S/C18H32N2S/c1-14(2)18(15(3)4)21-20-12-8-17(9-13-20)19-10-6-16(5)7-11-19/h16-17H,1,6-13H2,2-5H3. The summed E-state index contributed by atoms with van der Waals surface area (Å²) in [6.45, 7) is 18.1. The molecule has 0 spiro atoms. The third kappa shape index (κ3) is 4.87. The predicted octanol–water partition coefficient (Wildman–Crippen LogP) is 4.70. The molecule has 0 saturated carbocycles. The summed E-state index contributed by atoms with van der Waals surface area (Å²) in [6.07, 6.45) is 5.44. The van der Waals surface area contributed by atoms with E-state index in [1.807, 2.05) is 11.9 Å². The van der Waals surface area contributed by atoms with Crippen molar-refractivity contribution in [2.45, 2.75) is 59.4 Å². The van der Waals surface area contributed by atoms with Crippen molar-refractivity contribution < 1.29 is 0 Å². The zero-order valence-electron chi connectivity index (χ0n) is 14.3. The van der Waals surface area contributed by atoms with Crippen LogP contribution in [0.5, 0.6) is 0 Å². The molecule has 0 aliphatic carbocycles. The second kappa shape index (κ2) is 7.85. The topological polar surface area (TPSA) is 6.48 Å². The zero-order chi connectivity index (χ0) is 15.4. The number of likely N-dealkylation sites (tertiary alicyclic amines) is 1. The van der Waals surface area contributed by atoms with Gasteiger partial charge < -0.3 is 4.90 Å². The molecule has 0 aromatic heterocycles.